The predicted molar refractivity (Wildman–Crippen MR) is 163 cm³/mol. The minimum atomic E-state index is -1.03. The Kier molecular flexibility index (Phi) is 8.62. The van der Waals surface area contributed by atoms with Gasteiger partial charge in [0.2, 0.25) is 12.3 Å². The van der Waals surface area contributed by atoms with E-state index in [2.05, 4.69) is 25.3 Å². The van der Waals surface area contributed by atoms with Gasteiger partial charge in [0.1, 0.15) is 24.2 Å². The smallest absolute Gasteiger partial charge is 0.264 e. The molecule has 12 heteroatoms. The number of ether oxygens (including phenoxy) is 1. The van der Waals surface area contributed by atoms with Crippen LogP contribution in [0.2, 0.25) is 0 Å². The van der Waals surface area contributed by atoms with Crippen LogP contribution in [-0.2, 0) is 14.4 Å². The third-order valence-corrected chi connectivity index (χ3v) is 9.33. The molecule has 232 valence electrons. The molecule has 4 aliphatic rings. The molecule has 0 spiro atoms. The zero-order valence-corrected chi connectivity index (χ0v) is 24.8. The summed E-state index contributed by atoms with van der Waals surface area (Å²) in [5, 5.41) is 5.15. The molecule has 0 saturated carbocycles. The van der Waals surface area contributed by atoms with Crippen molar-refractivity contribution < 1.29 is 28.7 Å². The fourth-order valence-electron chi connectivity index (χ4n) is 6.75. The molecule has 4 amide bonds. The molecule has 1 unspecified atom stereocenters. The Morgan fingerprint density at radius 2 is 1.66 bits per heavy atom. The van der Waals surface area contributed by atoms with E-state index in [-0.39, 0.29) is 18.9 Å². The van der Waals surface area contributed by atoms with Crippen molar-refractivity contribution in [3.8, 4) is 5.75 Å². The first-order valence-corrected chi connectivity index (χ1v) is 15.3. The number of carbonyl (C=O) groups excluding carboxylic acids is 5. The molecule has 2 N–H and O–H groups in total. The molecule has 0 bridgehead atoms. The van der Waals surface area contributed by atoms with Crippen LogP contribution in [0.3, 0.4) is 0 Å². The van der Waals surface area contributed by atoms with E-state index in [9.17, 15) is 24.0 Å². The molecule has 0 aliphatic carbocycles. The largest absolute Gasteiger partial charge is 0.490 e. The highest BCUT2D eigenvalue weighted by atomic mass is 16.5. The summed E-state index contributed by atoms with van der Waals surface area (Å²) in [6.45, 7) is 5.56. The average Bonchev–Trinajstić information content (AvgIpc) is 3.25. The van der Waals surface area contributed by atoms with Crippen LogP contribution in [0, 0.1) is 0 Å². The van der Waals surface area contributed by atoms with Crippen LogP contribution in [0.4, 0.5) is 11.4 Å². The molecule has 4 heterocycles. The summed E-state index contributed by atoms with van der Waals surface area (Å²) >= 11 is 0. The highest BCUT2D eigenvalue weighted by Gasteiger charge is 2.47. The van der Waals surface area contributed by atoms with E-state index in [1.54, 1.807) is 12.1 Å². The number of hydrogen-bond donors (Lipinski definition) is 2. The van der Waals surface area contributed by atoms with Gasteiger partial charge in [0.05, 0.1) is 16.8 Å². The Balaban J connectivity index is 0.989. The monoisotopic (exact) mass is 602 g/mol. The van der Waals surface area contributed by atoms with Gasteiger partial charge in [0, 0.05) is 70.5 Å². The highest BCUT2D eigenvalue weighted by Crippen LogP contribution is 2.37. The standard InChI is InChI=1S/C32H38N6O6/c1-33-30(41)28(6-3-15-39)38-31(42)26-4-2-5-27(29(26)32(38)43)37-18-23(19-37)36-16-22(17-36)35-13-11-25(12-14-35)44-24-9-7-21(8-10-24)34-20-40/h2,4-5,7-10,15,20,22-23,25,28H,3,6,11-14,16-19H2,1H3,(H,33,41)(H,34,40). The van der Waals surface area contributed by atoms with E-state index in [1.807, 2.05) is 30.3 Å². The number of likely N-dealkylation sites (N-methyl/N-ethyl adjacent to an activating group) is 1. The van der Waals surface area contributed by atoms with Crippen molar-refractivity contribution >= 4 is 41.8 Å². The van der Waals surface area contributed by atoms with E-state index < -0.39 is 23.8 Å². The van der Waals surface area contributed by atoms with E-state index in [4.69, 9.17) is 4.74 Å². The lowest BCUT2D eigenvalue weighted by Gasteiger charge is -2.55. The Bertz CT molecular complexity index is 1410. The van der Waals surface area contributed by atoms with E-state index >= 15 is 0 Å². The number of anilines is 2. The van der Waals surface area contributed by atoms with Crippen molar-refractivity contribution in [1.82, 2.24) is 20.0 Å². The van der Waals surface area contributed by atoms with Gasteiger partial charge in [0.15, 0.2) is 0 Å². The van der Waals surface area contributed by atoms with E-state index in [0.717, 1.165) is 74.1 Å². The van der Waals surface area contributed by atoms with Crippen LogP contribution >= 0.6 is 0 Å². The zero-order chi connectivity index (χ0) is 30.8. The van der Waals surface area contributed by atoms with Crippen molar-refractivity contribution in [3.63, 3.8) is 0 Å². The summed E-state index contributed by atoms with van der Waals surface area (Å²) in [5.74, 6) is -0.619. The molecule has 3 fully saturated rings. The number of nitrogens with zero attached hydrogens (tertiary/aromatic N) is 4. The number of rotatable bonds is 12. The third-order valence-electron chi connectivity index (χ3n) is 9.33. The van der Waals surface area contributed by atoms with Crippen molar-refractivity contribution in [2.75, 3.05) is 56.5 Å². The Morgan fingerprint density at radius 1 is 0.955 bits per heavy atom. The number of carbonyl (C=O) groups is 5. The molecule has 0 radical (unpaired) electrons. The third kappa shape index (κ3) is 5.67. The predicted octanol–water partition coefficient (Wildman–Crippen LogP) is 1.36. The maximum atomic E-state index is 13.5. The summed E-state index contributed by atoms with van der Waals surface area (Å²) < 4.78 is 6.17. The second-order valence-corrected chi connectivity index (χ2v) is 11.9. The number of hydrogen-bond acceptors (Lipinski definition) is 9. The topological polar surface area (TPSA) is 132 Å². The number of amides is 4. The molecule has 2 aromatic rings. The van der Waals surface area contributed by atoms with Gasteiger partial charge >= 0.3 is 0 Å². The summed E-state index contributed by atoms with van der Waals surface area (Å²) in [6.07, 6.45) is 3.64. The van der Waals surface area contributed by atoms with Crippen LogP contribution in [0.25, 0.3) is 0 Å². The van der Waals surface area contributed by atoms with Gasteiger partial charge in [-0.1, -0.05) is 6.07 Å². The van der Waals surface area contributed by atoms with E-state index in [1.165, 1.54) is 7.05 Å². The van der Waals surface area contributed by atoms with Gasteiger partial charge in [-0.2, -0.15) is 0 Å². The number of fused-ring (bicyclic) bond motifs is 1. The summed E-state index contributed by atoms with van der Waals surface area (Å²) in [7, 11) is 1.45. The van der Waals surface area contributed by atoms with Crippen molar-refractivity contribution in [2.45, 2.75) is 49.9 Å². The quantitative estimate of drug-likeness (QED) is 0.273. The van der Waals surface area contributed by atoms with Crippen LogP contribution < -0.4 is 20.3 Å². The molecule has 0 aromatic heterocycles. The maximum absolute atomic E-state index is 13.5. The summed E-state index contributed by atoms with van der Waals surface area (Å²) in [4.78, 5) is 69.1. The lowest BCUT2D eigenvalue weighted by atomic mass is 9.95. The molecular formula is C32H38N6O6. The molecule has 44 heavy (non-hydrogen) atoms. The van der Waals surface area contributed by atoms with Gasteiger partial charge in [-0.05, 0) is 55.7 Å². The second-order valence-electron chi connectivity index (χ2n) is 11.9. The fourth-order valence-corrected chi connectivity index (χ4v) is 6.75. The molecule has 1 atom stereocenters. The lowest BCUT2D eigenvalue weighted by molar-refractivity contribution is -0.124. The normalized spacial score (nSPS) is 20.5. The molecule has 4 aliphatic heterocycles. The van der Waals surface area contributed by atoms with Gasteiger partial charge < -0.3 is 25.1 Å². The van der Waals surface area contributed by atoms with Crippen molar-refractivity contribution in [2.24, 2.45) is 0 Å². The first-order valence-electron chi connectivity index (χ1n) is 15.3. The second kappa shape index (κ2) is 12.7. The number of benzene rings is 2. The fraction of sp³-hybridized carbons (Fsp3) is 0.469. The molecule has 12 nitrogen and oxygen atoms in total. The minimum absolute atomic E-state index is 0.0749. The first kappa shape index (κ1) is 29.8. The molecule has 6 rings (SSSR count). The maximum Gasteiger partial charge on any atom is 0.264 e. The van der Waals surface area contributed by atoms with Crippen LogP contribution in [0.15, 0.2) is 42.5 Å². The molecule has 3 saturated heterocycles. The average molecular weight is 603 g/mol. The minimum Gasteiger partial charge on any atom is -0.490 e. The Labute approximate surface area is 256 Å². The first-order chi connectivity index (χ1) is 21.4. The number of nitrogens with one attached hydrogen (secondary N) is 2. The SMILES string of the molecule is CNC(=O)C(CCC=O)N1C(=O)c2cccc(N3CC(N4CC(N5CCC(Oc6ccc(NC=O)cc6)CC5)C4)C3)c2C1=O. The Morgan fingerprint density at radius 3 is 2.32 bits per heavy atom. The summed E-state index contributed by atoms with van der Waals surface area (Å²) in [5.41, 5.74) is 2.11. The number of piperidine rings is 1. The van der Waals surface area contributed by atoms with Crippen molar-refractivity contribution in [3.05, 3.63) is 53.6 Å². The number of likely N-dealkylation sites (tertiary alicyclic amines) is 2. The number of aldehydes is 1. The van der Waals surface area contributed by atoms with Gasteiger partial charge in [-0.15, -0.1) is 0 Å². The summed E-state index contributed by atoms with van der Waals surface area (Å²) in [6, 6.07) is 12.6. The zero-order valence-electron chi connectivity index (χ0n) is 24.8. The Hall–Kier alpha value is -4.29. The van der Waals surface area contributed by atoms with Gasteiger partial charge in [0.25, 0.3) is 11.8 Å². The number of imide groups is 1. The van der Waals surface area contributed by atoms with E-state index in [0.29, 0.717) is 35.9 Å². The van der Waals surface area contributed by atoms with Crippen molar-refractivity contribution in [1.29, 1.82) is 0 Å². The van der Waals surface area contributed by atoms with Crippen LogP contribution in [-0.4, -0.2) is 116 Å². The lowest BCUT2D eigenvalue weighted by Crippen LogP contribution is -2.70. The van der Waals surface area contributed by atoms with Crippen LogP contribution in [0.5, 0.6) is 5.75 Å². The van der Waals surface area contributed by atoms with Crippen LogP contribution in [0.1, 0.15) is 46.4 Å². The molecular weight excluding hydrogens is 564 g/mol. The van der Waals surface area contributed by atoms with Gasteiger partial charge in [-0.3, -0.25) is 33.9 Å². The van der Waals surface area contributed by atoms with Gasteiger partial charge in [-0.25, -0.2) is 0 Å². The molecule has 2 aromatic carbocycles. The highest BCUT2D eigenvalue weighted by molar-refractivity contribution is 6.25.